The van der Waals surface area contributed by atoms with Crippen molar-refractivity contribution in [2.45, 2.75) is 74.6 Å². The molecule has 2 aliphatic rings. The van der Waals surface area contributed by atoms with Crippen molar-refractivity contribution in [3.63, 3.8) is 0 Å². The molecule has 4 aromatic rings. The molecule has 2 fully saturated rings. The standard InChI is InChI=1S/C35H44F2N14O13P2/c1-6-12-58-66(57,59-13-8-11-39)64-26-20(61-33(22(26)37)51-18-41-24-29(51)45-35(47-31(24)54)43-16-49(4)5)14-60-65(55,56)63-19(9-7-10-38)27-25(52)21(36)32(62-27)50-17-40-23-28(50)44-34(46-30(23)53)42-15-48(2)3/h6,15-22,25-27,32-33,52H,1,7-9,12-14H2,2-5H3,(H,55,56)(H,44,46,53)(H,45,47,54)/t19?,20-,21-,22-,25+,26-,27-,32-,33-,66?/m1/s1. The van der Waals surface area contributed by atoms with Crippen molar-refractivity contribution in [2.24, 2.45) is 9.98 Å². The van der Waals surface area contributed by atoms with Crippen LogP contribution < -0.4 is 11.1 Å². The van der Waals surface area contributed by atoms with Crippen LogP contribution in [0.1, 0.15) is 31.7 Å². The van der Waals surface area contributed by atoms with Gasteiger partial charge in [-0.25, -0.2) is 37.9 Å². The van der Waals surface area contributed by atoms with Crippen molar-refractivity contribution >= 4 is 62.5 Å². The van der Waals surface area contributed by atoms with Crippen LogP contribution in [0.15, 0.2) is 44.9 Å². The van der Waals surface area contributed by atoms with Gasteiger partial charge in [-0.05, 0) is 6.42 Å². The van der Waals surface area contributed by atoms with Crippen molar-refractivity contribution in [1.82, 2.24) is 48.8 Å². The number of phosphoric ester groups is 2. The topological polar surface area (TPSA) is 345 Å². The number of aromatic nitrogens is 8. The fourth-order valence-corrected chi connectivity index (χ4v) is 8.80. The zero-order chi connectivity index (χ0) is 47.9. The van der Waals surface area contributed by atoms with Crippen LogP contribution in [0.5, 0.6) is 0 Å². The number of aromatic amines is 2. The zero-order valence-corrected chi connectivity index (χ0v) is 37.2. The number of aliphatic hydroxyl groups is 1. The molecule has 2 saturated heterocycles. The van der Waals surface area contributed by atoms with E-state index >= 15 is 8.78 Å². The highest BCUT2D eigenvalue weighted by atomic mass is 31.2. The first-order valence-electron chi connectivity index (χ1n) is 19.6. The van der Waals surface area contributed by atoms with Crippen LogP contribution in [0.3, 0.4) is 0 Å². The first-order valence-corrected chi connectivity index (χ1v) is 22.5. The number of imidazole rings is 2. The molecule has 0 bridgehead atoms. The van der Waals surface area contributed by atoms with Gasteiger partial charge in [-0.3, -0.25) is 51.3 Å². The van der Waals surface area contributed by atoms with Gasteiger partial charge >= 0.3 is 15.6 Å². The van der Waals surface area contributed by atoms with Crippen molar-refractivity contribution in [3.8, 4) is 12.1 Å². The summed E-state index contributed by atoms with van der Waals surface area (Å²) in [4.78, 5) is 69.2. The lowest BCUT2D eigenvalue weighted by Crippen LogP contribution is -2.39. The molecule has 0 spiro atoms. The molecule has 3 unspecified atom stereocenters. The first kappa shape index (κ1) is 49.7. The lowest BCUT2D eigenvalue weighted by molar-refractivity contribution is -0.0872. The van der Waals surface area contributed by atoms with Crippen LogP contribution in [0, 0.1) is 22.7 Å². The normalized spacial score (nSPS) is 25.5. The third-order valence-corrected chi connectivity index (χ3v) is 11.8. The molecule has 31 heteroatoms. The highest BCUT2D eigenvalue weighted by Crippen LogP contribution is 2.55. The molecular formula is C35H44F2N14O13P2. The number of H-pyrrole nitrogens is 2. The average Bonchev–Trinajstić information content (AvgIpc) is 4.03. The highest BCUT2D eigenvalue weighted by Gasteiger charge is 2.54. The second-order valence-corrected chi connectivity index (χ2v) is 17.8. The molecule has 356 valence electrons. The van der Waals surface area contributed by atoms with Crippen molar-refractivity contribution < 1.29 is 60.0 Å². The minimum absolute atomic E-state index is 0.172. The number of hydrogen-bond acceptors (Lipinski definition) is 20. The molecule has 0 saturated carbocycles. The third kappa shape index (κ3) is 11.5. The average molecular weight is 969 g/mol. The predicted molar refractivity (Wildman–Crippen MR) is 224 cm³/mol. The fraction of sp³-hybridized carbons (Fsp3) is 0.543. The molecule has 0 amide bonds. The zero-order valence-electron chi connectivity index (χ0n) is 35.4. The van der Waals surface area contributed by atoms with E-state index in [4.69, 9.17) is 37.4 Å². The van der Waals surface area contributed by atoms with E-state index in [0.29, 0.717) is 0 Å². The van der Waals surface area contributed by atoms with Crippen LogP contribution in [-0.2, 0) is 41.2 Å². The number of ether oxygens (including phenoxy) is 2. The number of alkyl halides is 2. The Morgan fingerprint density at radius 3 is 2.02 bits per heavy atom. The summed E-state index contributed by atoms with van der Waals surface area (Å²) >= 11 is 0. The summed E-state index contributed by atoms with van der Waals surface area (Å²) in [7, 11) is -3.57. The number of halogens is 2. The number of rotatable bonds is 22. The van der Waals surface area contributed by atoms with Crippen LogP contribution in [0.25, 0.3) is 22.3 Å². The van der Waals surface area contributed by atoms with Gasteiger partial charge in [0.05, 0.1) is 69.8 Å². The van der Waals surface area contributed by atoms with Gasteiger partial charge in [-0.15, -0.1) is 6.58 Å². The summed E-state index contributed by atoms with van der Waals surface area (Å²) in [6, 6.07) is 3.60. The van der Waals surface area contributed by atoms with E-state index in [0.717, 1.165) is 21.8 Å². The van der Waals surface area contributed by atoms with E-state index in [9.17, 15) is 34.0 Å². The second kappa shape index (κ2) is 21.3. The Kier molecular flexibility index (Phi) is 16.1. The minimum Gasteiger partial charge on any atom is -0.387 e. The molecule has 27 nitrogen and oxygen atoms in total. The molecular weight excluding hydrogens is 924 g/mol. The number of aliphatic imine (C=N–C) groups is 2. The SMILES string of the molecule is C=CCOP(=O)(OCCC#N)O[C@H]1[C@@H](F)[C@H](n2cnc3c(=O)[nH]c(N=CN(C)C)nc32)O[C@@H]1COP(=O)(O)OC(CCC#N)[C@H]1O[C@@H](n2cnc3c(=O)[nH]c(N=CN(C)C)nc32)[C@H](F)[C@@H]1O. The number of nitrogens with zero attached hydrogens (tertiary/aromatic N) is 12. The van der Waals surface area contributed by atoms with Gasteiger partial charge in [-0.1, -0.05) is 6.08 Å². The summed E-state index contributed by atoms with van der Waals surface area (Å²) in [5.41, 5.74) is -2.38. The number of aliphatic hydroxyl groups excluding tert-OH is 1. The van der Waals surface area contributed by atoms with Crippen molar-refractivity contribution in [2.75, 3.05) is 48.0 Å². The van der Waals surface area contributed by atoms with Gasteiger partial charge in [0, 0.05) is 34.6 Å². The number of fused-ring (bicyclic) bond motifs is 2. The monoisotopic (exact) mass is 968 g/mol. The molecule has 0 aliphatic carbocycles. The molecule has 6 heterocycles. The van der Waals surface area contributed by atoms with E-state index in [2.05, 4.69) is 46.5 Å². The predicted octanol–water partition coefficient (Wildman–Crippen LogP) is 1.96. The van der Waals surface area contributed by atoms with Gasteiger partial charge in [0.1, 0.15) is 24.4 Å². The Bertz CT molecular complexity index is 2740. The largest absolute Gasteiger partial charge is 0.475 e. The molecule has 2 aliphatic heterocycles. The number of nitrogens with one attached hydrogen (secondary N) is 2. The van der Waals surface area contributed by atoms with E-state index < -0.39 is 108 Å². The van der Waals surface area contributed by atoms with Gasteiger partial charge in [0.25, 0.3) is 11.1 Å². The lowest BCUT2D eigenvalue weighted by atomic mass is 10.0. The molecule has 66 heavy (non-hydrogen) atoms. The maximum absolute atomic E-state index is 16.8. The van der Waals surface area contributed by atoms with Crippen molar-refractivity contribution in [1.29, 1.82) is 10.5 Å². The Hall–Kier alpha value is -5.68. The second-order valence-electron chi connectivity index (χ2n) is 14.7. The van der Waals surface area contributed by atoms with E-state index in [1.807, 2.05) is 6.07 Å². The van der Waals surface area contributed by atoms with E-state index in [-0.39, 0.29) is 47.1 Å². The quantitative estimate of drug-likeness (QED) is 0.0287. The summed E-state index contributed by atoms with van der Waals surface area (Å²) in [5, 5.41) is 29.5. The molecule has 0 aromatic carbocycles. The van der Waals surface area contributed by atoms with Gasteiger partial charge in [0.2, 0.25) is 11.9 Å². The molecule has 4 N–H and O–H groups in total. The van der Waals surface area contributed by atoms with Gasteiger partial charge in [-0.2, -0.15) is 20.5 Å². The summed E-state index contributed by atoms with van der Waals surface area (Å²) < 4.78 is 101. The first-order chi connectivity index (χ1) is 31.4. The van der Waals surface area contributed by atoms with Crippen LogP contribution in [0.2, 0.25) is 0 Å². The Balaban J connectivity index is 1.27. The fourth-order valence-electron chi connectivity index (χ4n) is 6.48. The highest BCUT2D eigenvalue weighted by molar-refractivity contribution is 7.48. The Labute approximate surface area is 372 Å². The molecule has 4 aromatic heterocycles. The van der Waals surface area contributed by atoms with E-state index in [1.54, 1.807) is 44.1 Å². The summed E-state index contributed by atoms with van der Waals surface area (Å²) in [5.74, 6) is -0.372. The van der Waals surface area contributed by atoms with Crippen LogP contribution >= 0.6 is 15.6 Å². The number of hydrogen-bond donors (Lipinski definition) is 4. The Morgan fingerprint density at radius 2 is 1.48 bits per heavy atom. The Morgan fingerprint density at radius 1 is 0.924 bits per heavy atom. The number of phosphoric acid groups is 2. The number of nitriles is 2. The smallest absolute Gasteiger partial charge is 0.387 e. The lowest BCUT2D eigenvalue weighted by Gasteiger charge is -2.28. The third-order valence-electron chi connectivity index (χ3n) is 9.35. The summed E-state index contributed by atoms with van der Waals surface area (Å²) in [6.45, 7) is 1.45. The van der Waals surface area contributed by atoms with E-state index in [1.165, 1.54) is 18.8 Å². The summed E-state index contributed by atoms with van der Waals surface area (Å²) in [6.07, 6.45) is -12.8. The van der Waals surface area contributed by atoms with Crippen LogP contribution in [-0.4, -0.2) is 162 Å². The van der Waals surface area contributed by atoms with Crippen LogP contribution in [0.4, 0.5) is 20.7 Å². The van der Waals surface area contributed by atoms with Crippen molar-refractivity contribution in [3.05, 3.63) is 46.0 Å². The molecule has 6 rings (SSSR count). The minimum atomic E-state index is -5.43. The van der Waals surface area contributed by atoms with Gasteiger partial charge < -0.3 is 29.3 Å². The molecule has 0 radical (unpaired) electrons. The molecule has 11 atom stereocenters. The van der Waals surface area contributed by atoms with Gasteiger partial charge in [0.15, 0.2) is 47.1 Å². The maximum Gasteiger partial charge on any atom is 0.475 e. The maximum atomic E-state index is 16.8.